The molecule has 0 radical (unpaired) electrons. The third-order valence-corrected chi connectivity index (χ3v) is 3.18. The number of hydrogen-bond donors (Lipinski definition) is 1. The molecule has 1 unspecified atom stereocenters. The molecule has 0 spiro atoms. The highest BCUT2D eigenvalue weighted by molar-refractivity contribution is 5.08. The molecular formula is C10H16N4O. The maximum atomic E-state index is 5.67. The van der Waals surface area contributed by atoms with Crippen LogP contribution in [0, 0.1) is 0 Å². The van der Waals surface area contributed by atoms with Crippen molar-refractivity contribution in [2.45, 2.75) is 37.8 Å². The number of ether oxygens (including phenoxy) is 1. The highest BCUT2D eigenvalue weighted by Crippen LogP contribution is 2.39. The number of rotatable bonds is 3. The minimum absolute atomic E-state index is 0.429. The van der Waals surface area contributed by atoms with Gasteiger partial charge in [0, 0.05) is 18.6 Å². The average molecular weight is 208 g/mol. The Kier molecular flexibility index (Phi) is 2.21. The standard InChI is InChI=1S/C10H16N4O/c11-5-9-12-13-10(7-3-4-15-6-7)14(9)8-1-2-8/h7-8H,1-6,11H2. The van der Waals surface area contributed by atoms with Crippen LogP contribution in [0.3, 0.4) is 0 Å². The van der Waals surface area contributed by atoms with Crippen molar-refractivity contribution in [2.24, 2.45) is 5.73 Å². The van der Waals surface area contributed by atoms with Gasteiger partial charge in [0.05, 0.1) is 13.2 Å². The maximum absolute atomic E-state index is 5.67. The smallest absolute Gasteiger partial charge is 0.147 e. The predicted octanol–water partition coefficient (Wildman–Crippen LogP) is 0.576. The Morgan fingerprint density at radius 1 is 1.33 bits per heavy atom. The summed E-state index contributed by atoms with van der Waals surface area (Å²) >= 11 is 0. The van der Waals surface area contributed by atoms with Gasteiger partial charge in [0.2, 0.25) is 0 Å². The van der Waals surface area contributed by atoms with Crippen LogP contribution in [0.25, 0.3) is 0 Å². The van der Waals surface area contributed by atoms with E-state index >= 15 is 0 Å². The molecule has 1 aromatic rings. The highest BCUT2D eigenvalue weighted by atomic mass is 16.5. The fourth-order valence-electron chi connectivity index (χ4n) is 2.22. The SMILES string of the molecule is NCc1nnc(C2CCOC2)n1C1CC1. The van der Waals surface area contributed by atoms with E-state index in [1.54, 1.807) is 0 Å². The summed E-state index contributed by atoms with van der Waals surface area (Å²) in [6, 6.07) is 0.606. The molecule has 1 aliphatic carbocycles. The van der Waals surface area contributed by atoms with Crippen molar-refractivity contribution < 1.29 is 4.74 Å². The molecule has 5 heteroatoms. The van der Waals surface area contributed by atoms with Gasteiger partial charge in [-0.3, -0.25) is 0 Å². The van der Waals surface area contributed by atoms with Crippen molar-refractivity contribution in [1.82, 2.24) is 14.8 Å². The lowest BCUT2D eigenvalue weighted by molar-refractivity contribution is 0.192. The lowest BCUT2D eigenvalue weighted by Gasteiger charge is -2.11. The monoisotopic (exact) mass is 208 g/mol. The molecule has 1 aromatic heterocycles. The molecule has 2 aliphatic rings. The Labute approximate surface area is 88.6 Å². The van der Waals surface area contributed by atoms with Crippen molar-refractivity contribution >= 4 is 0 Å². The van der Waals surface area contributed by atoms with Crippen LogP contribution < -0.4 is 5.73 Å². The zero-order valence-corrected chi connectivity index (χ0v) is 8.72. The van der Waals surface area contributed by atoms with E-state index < -0.39 is 0 Å². The molecule has 82 valence electrons. The van der Waals surface area contributed by atoms with Gasteiger partial charge in [0.1, 0.15) is 11.6 Å². The second kappa shape index (κ2) is 3.57. The van der Waals surface area contributed by atoms with Gasteiger partial charge in [-0.15, -0.1) is 10.2 Å². The van der Waals surface area contributed by atoms with Crippen LogP contribution in [0.1, 0.15) is 42.9 Å². The normalized spacial score (nSPS) is 26.1. The van der Waals surface area contributed by atoms with E-state index in [4.69, 9.17) is 10.5 Å². The van der Waals surface area contributed by atoms with E-state index in [2.05, 4.69) is 14.8 Å². The fraction of sp³-hybridized carbons (Fsp3) is 0.800. The Hall–Kier alpha value is -0.940. The van der Waals surface area contributed by atoms with Crippen molar-refractivity contribution in [3.8, 4) is 0 Å². The minimum Gasteiger partial charge on any atom is -0.381 e. The molecule has 1 aliphatic heterocycles. The van der Waals surface area contributed by atoms with Gasteiger partial charge in [-0.05, 0) is 19.3 Å². The fourth-order valence-corrected chi connectivity index (χ4v) is 2.22. The summed E-state index contributed by atoms with van der Waals surface area (Å²) in [7, 11) is 0. The zero-order chi connectivity index (χ0) is 10.3. The Morgan fingerprint density at radius 3 is 2.80 bits per heavy atom. The van der Waals surface area contributed by atoms with Crippen LogP contribution in [0.15, 0.2) is 0 Å². The first kappa shape index (κ1) is 9.30. The molecule has 1 atom stereocenters. The first-order valence-electron chi connectivity index (χ1n) is 5.61. The minimum atomic E-state index is 0.429. The number of nitrogens with zero attached hydrogens (tertiary/aromatic N) is 3. The van der Waals surface area contributed by atoms with E-state index in [1.165, 1.54) is 12.8 Å². The first-order valence-corrected chi connectivity index (χ1v) is 5.61. The van der Waals surface area contributed by atoms with Gasteiger partial charge in [-0.1, -0.05) is 0 Å². The molecule has 5 nitrogen and oxygen atoms in total. The van der Waals surface area contributed by atoms with E-state index in [-0.39, 0.29) is 0 Å². The molecule has 0 bridgehead atoms. The van der Waals surface area contributed by atoms with Gasteiger partial charge in [0.25, 0.3) is 0 Å². The molecule has 3 rings (SSSR count). The van der Waals surface area contributed by atoms with E-state index in [0.717, 1.165) is 31.3 Å². The van der Waals surface area contributed by atoms with Gasteiger partial charge in [0.15, 0.2) is 0 Å². The molecule has 1 saturated carbocycles. The molecule has 2 heterocycles. The largest absolute Gasteiger partial charge is 0.381 e. The lowest BCUT2D eigenvalue weighted by atomic mass is 10.1. The predicted molar refractivity (Wildman–Crippen MR) is 54.4 cm³/mol. The average Bonchev–Trinajstić information content (AvgIpc) is 2.83. The molecule has 2 N–H and O–H groups in total. The third kappa shape index (κ3) is 1.55. The molecule has 1 saturated heterocycles. The number of hydrogen-bond acceptors (Lipinski definition) is 4. The van der Waals surface area contributed by atoms with Gasteiger partial charge in [-0.2, -0.15) is 0 Å². The quantitative estimate of drug-likeness (QED) is 0.789. The molecule has 2 fully saturated rings. The summed E-state index contributed by atoms with van der Waals surface area (Å²) in [6.07, 6.45) is 3.55. The van der Waals surface area contributed by atoms with Crippen LogP contribution >= 0.6 is 0 Å². The van der Waals surface area contributed by atoms with Gasteiger partial charge >= 0.3 is 0 Å². The summed E-state index contributed by atoms with van der Waals surface area (Å²) in [4.78, 5) is 0. The third-order valence-electron chi connectivity index (χ3n) is 3.18. The summed E-state index contributed by atoms with van der Waals surface area (Å²) in [5.41, 5.74) is 5.67. The first-order chi connectivity index (χ1) is 7.40. The number of aromatic nitrogens is 3. The second-order valence-corrected chi connectivity index (χ2v) is 4.34. The summed E-state index contributed by atoms with van der Waals surface area (Å²) in [6.45, 7) is 2.12. The number of nitrogens with two attached hydrogens (primary N) is 1. The molecule has 0 aromatic carbocycles. The Morgan fingerprint density at radius 2 is 2.20 bits per heavy atom. The van der Waals surface area contributed by atoms with Crippen LogP contribution in [0.5, 0.6) is 0 Å². The summed E-state index contributed by atoms with van der Waals surface area (Å²) in [5, 5.41) is 8.46. The summed E-state index contributed by atoms with van der Waals surface area (Å²) in [5.74, 6) is 2.45. The van der Waals surface area contributed by atoms with Gasteiger partial charge < -0.3 is 15.0 Å². The Balaban J connectivity index is 1.94. The van der Waals surface area contributed by atoms with Crippen molar-refractivity contribution in [2.75, 3.05) is 13.2 Å². The van der Waals surface area contributed by atoms with E-state index in [1.807, 2.05) is 0 Å². The molecule has 0 amide bonds. The van der Waals surface area contributed by atoms with Crippen LogP contribution in [0.4, 0.5) is 0 Å². The lowest BCUT2D eigenvalue weighted by Crippen LogP contribution is -2.12. The van der Waals surface area contributed by atoms with Crippen molar-refractivity contribution in [3.63, 3.8) is 0 Å². The van der Waals surface area contributed by atoms with E-state index in [0.29, 0.717) is 18.5 Å². The topological polar surface area (TPSA) is 66.0 Å². The Bertz CT molecular complexity index is 352. The van der Waals surface area contributed by atoms with Crippen LogP contribution in [0.2, 0.25) is 0 Å². The highest BCUT2D eigenvalue weighted by Gasteiger charge is 2.32. The van der Waals surface area contributed by atoms with E-state index in [9.17, 15) is 0 Å². The molecule has 15 heavy (non-hydrogen) atoms. The van der Waals surface area contributed by atoms with Crippen LogP contribution in [-0.4, -0.2) is 28.0 Å². The summed E-state index contributed by atoms with van der Waals surface area (Å²) < 4.78 is 7.65. The maximum Gasteiger partial charge on any atom is 0.147 e. The van der Waals surface area contributed by atoms with Crippen molar-refractivity contribution in [1.29, 1.82) is 0 Å². The second-order valence-electron chi connectivity index (χ2n) is 4.34. The van der Waals surface area contributed by atoms with Gasteiger partial charge in [-0.25, -0.2) is 0 Å². The van der Waals surface area contributed by atoms with Crippen molar-refractivity contribution in [3.05, 3.63) is 11.6 Å². The molecular weight excluding hydrogens is 192 g/mol. The van der Waals surface area contributed by atoms with Crippen LogP contribution in [-0.2, 0) is 11.3 Å². The zero-order valence-electron chi connectivity index (χ0n) is 8.72.